The number of hydrogen-bond donors (Lipinski definition) is 4. The number of ether oxygens (including phenoxy) is 1. The molecule has 3 heterocycles. The number of hydrogen-bond acceptors (Lipinski definition) is 7. The molecule has 0 radical (unpaired) electrons. The van der Waals surface area contributed by atoms with Crippen LogP contribution in [0.5, 0.6) is 0 Å². The van der Waals surface area contributed by atoms with Crippen molar-refractivity contribution >= 4 is 28.5 Å². The summed E-state index contributed by atoms with van der Waals surface area (Å²) in [6, 6.07) is 8.33. The molecule has 136 valence electrons. The summed E-state index contributed by atoms with van der Waals surface area (Å²) in [5.41, 5.74) is 6.78. The molecule has 5 atom stereocenters. The lowest BCUT2D eigenvalue weighted by Crippen LogP contribution is -2.34. The lowest BCUT2D eigenvalue weighted by molar-refractivity contribution is -0.0848. The van der Waals surface area contributed by atoms with E-state index in [0.29, 0.717) is 27.4 Å². The SMILES string of the molecule is Nc1ncnc2c1ccn2[C@@H]1OC(C(O)c2cccc(Cl)c2)[C@@H](O)[C@H]1O. The van der Waals surface area contributed by atoms with E-state index in [9.17, 15) is 15.3 Å². The summed E-state index contributed by atoms with van der Waals surface area (Å²) < 4.78 is 7.36. The Morgan fingerprint density at radius 3 is 2.77 bits per heavy atom. The predicted molar refractivity (Wildman–Crippen MR) is 94.3 cm³/mol. The molecule has 0 saturated carbocycles. The van der Waals surface area contributed by atoms with Crippen molar-refractivity contribution in [1.82, 2.24) is 14.5 Å². The maximum absolute atomic E-state index is 10.6. The Hall–Kier alpha value is -2.23. The average Bonchev–Trinajstić information content (AvgIpc) is 3.18. The van der Waals surface area contributed by atoms with Crippen LogP contribution in [-0.2, 0) is 4.74 Å². The number of nitrogen functional groups attached to an aromatic ring is 1. The predicted octanol–water partition coefficient (Wildman–Crippen LogP) is 1.02. The quantitative estimate of drug-likeness (QED) is 0.537. The Morgan fingerprint density at radius 1 is 1.19 bits per heavy atom. The Kier molecular flexibility index (Phi) is 4.29. The highest BCUT2D eigenvalue weighted by Crippen LogP contribution is 2.38. The minimum Gasteiger partial charge on any atom is -0.387 e. The third-order valence-corrected chi connectivity index (χ3v) is 4.83. The molecule has 2 aromatic heterocycles. The van der Waals surface area contributed by atoms with Gasteiger partial charge in [-0.1, -0.05) is 23.7 Å². The van der Waals surface area contributed by atoms with E-state index in [0.717, 1.165) is 0 Å². The van der Waals surface area contributed by atoms with Crippen LogP contribution in [-0.4, -0.2) is 48.2 Å². The summed E-state index contributed by atoms with van der Waals surface area (Å²) in [6.45, 7) is 0. The first-order valence-corrected chi connectivity index (χ1v) is 8.37. The van der Waals surface area contributed by atoms with Crippen LogP contribution in [0, 0.1) is 0 Å². The molecule has 2 unspecified atom stereocenters. The average molecular weight is 377 g/mol. The third-order valence-electron chi connectivity index (χ3n) is 4.59. The van der Waals surface area contributed by atoms with Gasteiger partial charge in [0.25, 0.3) is 0 Å². The molecule has 1 fully saturated rings. The molecule has 1 saturated heterocycles. The van der Waals surface area contributed by atoms with Crippen LogP contribution in [0.2, 0.25) is 5.02 Å². The van der Waals surface area contributed by atoms with Crippen molar-refractivity contribution in [2.45, 2.75) is 30.6 Å². The first kappa shape index (κ1) is 17.2. The third kappa shape index (κ3) is 2.72. The number of anilines is 1. The highest BCUT2D eigenvalue weighted by molar-refractivity contribution is 6.30. The molecule has 1 aliphatic heterocycles. The van der Waals surface area contributed by atoms with Crippen molar-refractivity contribution in [3.8, 4) is 0 Å². The minimum atomic E-state index is -1.30. The van der Waals surface area contributed by atoms with Crippen molar-refractivity contribution in [1.29, 1.82) is 0 Å². The zero-order valence-electron chi connectivity index (χ0n) is 13.5. The van der Waals surface area contributed by atoms with Crippen LogP contribution in [0.4, 0.5) is 5.82 Å². The molecule has 1 aromatic carbocycles. The van der Waals surface area contributed by atoms with Crippen molar-refractivity contribution in [2.75, 3.05) is 5.73 Å². The van der Waals surface area contributed by atoms with E-state index in [1.807, 2.05) is 0 Å². The second-order valence-corrected chi connectivity index (χ2v) is 6.63. The second kappa shape index (κ2) is 6.49. The second-order valence-electron chi connectivity index (χ2n) is 6.19. The van der Waals surface area contributed by atoms with Crippen LogP contribution < -0.4 is 5.73 Å². The number of benzene rings is 1. The summed E-state index contributed by atoms with van der Waals surface area (Å²) in [4.78, 5) is 8.09. The van der Waals surface area contributed by atoms with Gasteiger partial charge in [-0.05, 0) is 23.8 Å². The maximum Gasteiger partial charge on any atom is 0.164 e. The van der Waals surface area contributed by atoms with E-state index in [-0.39, 0.29) is 0 Å². The van der Waals surface area contributed by atoms with Crippen LogP contribution in [0.15, 0.2) is 42.9 Å². The van der Waals surface area contributed by atoms with E-state index in [1.54, 1.807) is 41.1 Å². The Morgan fingerprint density at radius 2 is 2.00 bits per heavy atom. The van der Waals surface area contributed by atoms with Gasteiger partial charge in [0.05, 0.1) is 5.39 Å². The standard InChI is InChI=1S/C17H17ClN4O4/c18-9-3-1-2-8(6-9)11(23)14-12(24)13(25)17(26-14)22-5-4-10-15(19)20-7-21-16(10)22/h1-7,11-14,17,23-25H,(H2,19,20,21)/t11?,12-,13+,14?,17+/m0/s1. The number of aliphatic hydroxyl groups is 3. The van der Waals surface area contributed by atoms with Gasteiger partial charge in [0.15, 0.2) is 6.23 Å². The van der Waals surface area contributed by atoms with Crippen molar-refractivity contribution in [3.05, 3.63) is 53.4 Å². The van der Waals surface area contributed by atoms with Gasteiger partial charge in [0.2, 0.25) is 0 Å². The number of nitrogens with zero attached hydrogens (tertiary/aromatic N) is 3. The molecular weight excluding hydrogens is 360 g/mol. The van der Waals surface area contributed by atoms with Crippen LogP contribution in [0.3, 0.4) is 0 Å². The molecule has 0 bridgehead atoms. The van der Waals surface area contributed by atoms with Gasteiger partial charge in [-0.2, -0.15) is 0 Å². The number of halogens is 1. The van der Waals surface area contributed by atoms with E-state index in [1.165, 1.54) is 6.33 Å². The topological polar surface area (TPSA) is 127 Å². The van der Waals surface area contributed by atoms with Gasteiger partial charge in [0.1, 0.15) is 42.2 Å². The number of rotatable bonds is 3. The van der Waals surface area contributed by atoms with Crippen LogP contribution >= 0.6 is 11.6 Å². The number of aliphatic hydroxyl groups excluding tert-OH is 3. The molecule has 0 aliphatic carbocycles. The smallest absolute Gasteiger partial charge is 0.164 e. The summed E-state index contributed by atoms with van der Waals surface area (Å²) in [5, 5.41) is 32.5. The molecule has 3 aromatic rings. The van der Waals surface area contributed by atoms with E-state index < -0.39 is 30.6 Å². The maximum atomic E-state index is 10.6. The monoisotopic (exact) mass is 376 g/mol. The Labute approximate surface area is 153 Å². The highest BCUT2D eigenvalue weighted by atomic mass is 35.5. The summed E-state index contributed by atoms with van der Waals surface area (Å²) in [5.74, 6) is 0.303. The molecular formula is C17H17ClN4O4. The van der Waals surface area contributed by atoms with Crippen LogP contribution in [0.25, 0.3) is 11.0 Å². The van der Waals surface area contributed by atoms with Crippen molar-refractivity contribution < 1.29 is 20.1 Å². The summed E-state index contributed by atoms with van der Waals surface area (Å²) in [6.07, 6.45) is -2.74. The fourth-order valence-electron chi connectivity index (χ4n) is 3.25. The zero-order chi connectivity index (χ0) is 18.4. The first-order chi connectivity index (χ1) is 12.5. The summed E-state index contributed by atoms with van der Waals surface area (Å²) >= 11 is 5.96. The lowest BCUT2D eigenvalue weighted by Gasteiger charge is -2.21. The molecule has 9 heteroatoms. The Bertz CT molecular complexity index is 949. The van der Waals surface area contributed by atoms with Gasteiger partial charge < -0.3 is 30.4 Å². The number of fused-ring (bicyclic) bond motifs is 1. The van der Waals surface area contributed by atoms with E-state index in [2.05, 4.69) is 9.97 Å². The van der Waals surface area contributed by atoms with Gasteiger partial charge >= 0.3 is 0 Å². The Balaban J connectivity index is 1.66. The molecule has 4 rings (SSSR count). The van der Waals surface area contributed by atoms with E-state index >= 15 is 0 Å². The van der Waals surface area contributed by atoms with Gasteiger partial charge in [0, 0.05) is 11.2 Å². The molecule has 8 nitrogen and oxygen atoms in total. The highest BCUT2D eigenvalue weighted by Gasteiger charge is 2.47. The molecule has 5 N–H and O–H groups in total. The number of nitrogens with two attached hydrogens (primary N) is 1. The molecule has 0 spiro atoms. The normalized spacial score (nSPS) is 27.1. The molecule has 26 heavy (non-hydrogen) atoms. The lowest BCUT2D eigenvalue weighted by atomic mass is 9.99. The molecule has 0 amide bonds. The fraction of sp³-hybridized carbons (Fsp3) is 0.294. The van der Waals surface area contributed by atoms with Gasteiger partial charge in [-0.3, -0.25) is 0 Å². The zero-order valence-corrected chi connectivity index (χ0v) is 14.2. The first-order valence-electron chi connectivity index (χ1n) is 7.99. The molecule has 1 aliphatic rings. The van der Waals surface area contributed by atoms with Crippen LogP contribution in [0.1, 0.15) is 17.9 Å². The minimum absolute atomic E-state index is 0.303. The fourth-order valence-corrected chi connectivity index (χ4v) is 3.45. The summed E-state index contributed by atoms with van der Waals surface area (Å²) in [7, 11) is 0. The van der Waals surface area contributed by atoms with Gasteiger partial charge in [-0.15, -0.1) is 0 Å². The van der Waals surface area contributed by atoms with Crippen molar-refractivity contribution in [3.63, 3.8) is 0 Å². The van der Waals surface area contributed by atoms with E-state index in [4.69, 9.17) is 22.1 Å². The van der Waals surface area contributed by atoms with Gasteiger partial charge in [-0.25, -0.2) is 9.97 Å². The number of aromatic nitrogens is 3. The van der Waals surface area contributed by atoms with Crippen molar-refractivity contribution in [2.24, 2.45) is 0 Å². The largest absolute Gasteiger partial charge is 0.387 e.